The Morgan fingerprint density at radius 3 is 2.95 bits per heavy atom. The molecule has 1 aromatic carbocycles. The molecule has 4 nitrogen and oxygen atoms in total. The highest BCUT2D eigenvalue weighted by molar-refractivity contribution is 7.12. The van der Waals surface area contributed by atoms with Crippen molar-refractivity contribution >= 4 is 23.5 Å². The number of hydrazone groups is 1. The number of nitrogens with one attached hydrogen (secondary N) is 1. The van der Waals surface area contributed by atoms with Crippen LogP contribution < -0.4 is 10.2 Å². The number of carbonyl (C=O) groups excluding carboxylic acids is 1. The van der Waals surface area contributed by atoms with Gasteiger partial charge in [0.05, 0.1) is 18.2 Å². The molecule has 0 saturated carbocycles. The SMILES string of the molecule is COc1cccc(C(=O)N/N=C\c2ccc(F)s2)c1. The van der Waals surface area contributed by atoms with Gasteiger partial charge in [-0.05, 0) is 30.3 Å². The fourth-order valence-electron chi connectivity index (χ4n) is 1.38. The van der Waals surface area contributed by atoms with E-state index in [-0.39, 0.29) is 11.0 Å². The first-order valence-corrected chi connectivity index (χ1v) is 6.23. The second-order valence-corrected chi connectivity index (χ2v) is 4.64. The lowest BCUT2D eigenvalue weighted by Gasteiger charge is -2.02. The number of hydrogen-bond donors (Lipinski definition) is 1. The van der Waals surface area contributed by atoms with Gasteiger partial charge < -0.3 is 4.74 Å². The summed E-state index contributed by atoms with van der Waals surface area (Å²) < 4.78 is 17.7. The van der Waals surface area contributed by atoms with Crippen LogP contribution in [0.15, 0.2) is 41.5 Å². The molecule has 0 bridgehead atoms. The largest absolute Gasteiger partial charge is 0.497 e. The Labute approximate surface area is 113 Å². The molecule has 0 unspecified atom stereocenters. The fraction of sp³-hybridized carbons (Fsp3) is 0.0769. The highest BCUT2D eigenvalue weighted by Crippen LogP contribution is 2.13. The van der Waals surface area contributed by atoms with Crippen LogP contribution in [0.2, 0.25) is 0 Å². The first kappa shape index (κ1) is 13.2. The predicted molar refractivity (Wildman–Crippen MR) is 72.3 cm³/mol. The van der Waals surface area contributed by atoms with Crippen LogP contribution in [0.1, 0.15) is 15.2 Å². The van der Waals surface area contributed by atoms with Crippen LogP contribution in [0.4, 0.5) is 4.39 Å². The number of amides is 1. The third-order valence-corrected chi connectivity index (χ3v) is 3.09. The summed E-state index contributed by atoms with van der Waals surface area (Å²) in [6, 6.07) is 9.64. The summed E-state index contributed by atoms with van der Waals surface area (Å²) in [4.78, 5) is 12.4. The van der Waals surface area contributed by atoms with Crippen LogP contribution in [0.3, 0.4) is 0 Å². The maximum absolute atomic E-state index is 12.7. The Kier molecular flexibility index (Phi) is 4.25. The highest BCUT2D eigenvalue weighted by Gasteiger charge is 2.05. The second-order valence-electron chi connectivity index (χ2n) is 3.57. The number of halogens is 1. The van der Waals surface area contributed by atoms with Gasteiger partial charge in [0.1, 0.15) is 5.75 Å². The molecule has 1 heterocycles. The standard InChI is InChI=1S/C13H11FN2O2S/c1-18-10-4-2-3-9(7-10)13(17)16-15-8-11-5-6-12(14)19-11/h2-8H,1H3,(H,16,17)/b15-8-. The molecule has 98 valence electrons. The molecule has 1 aromatic heterocycles. The molecule has 6 heteroatoms. The van der Waals surface area contributed by atoms with Gasteiger partial charge in [-0.2, -0.15) is 9.49 Å². The van der Waals surface area contributed by atoms with Crippen LogP contribution in [-0.2, 0) is 0 Å². The number of rotatable bonds is 4. The monoisotopic (exact) mass is 278 g/mol. The number of ether oxygens (including phenoxy) is 1. The van der Waals surface area contributed by atoms with Gasteiger partial charge in [-0.15, -0.1) is 11.3 Å². The molecule has 0 spiro atoms. The van der Waals surface area contributed by atoms with E-state index in [4.69, 9.17) is 4.74 Å². The molecule has 0 radical (unpaired) electrons. The highest BCUT2D eigenvalue weighted by atomic mass is 32.1. The summed E-state index contributed by atoms with van der Waals surface area (Å²) in [6.07, 6.45) is 1.39. The molecular formula is C13H11FN2O2S. The Balaban J connectivity index is 1.99. The van der Waals surface area contributed by atoms with Gasteiger partial charge in [-0.25, -0.2) is 5.43 Å². The molecule has 2 aromatic rings. The molecule has 0 fully saturated rings. The van der Waals surface area contributed by atoms with Crippen molar-refractivity contribution in [1.82, 2.24) is 5.43 Å². The topological polar surface area (TPSA) is 50.7 Å². The summed E-state index contributed by atoms with van der Waals surface area (Å²) in [7, 11) is 1.53. The van der Waals surface area contributed by atoms with Crippen molar-refractivity contribution in [2.75, 3.05) is 7.11 Å². The number of methoxy groups -OCH3 is 1. The molecule has 0 aliphatic rings. The van der Waals surface area contributed by atoms with Crippen molar-refractivity contribution in [1.29, 1.82) is 0 Å². The Morgan fingerprint density at radius 1 is 1.42 bits per heavy atom. The number of nitrogens with zero attached hydrogens (tertiary/aromatic N) is 1. The van der Waals surface area contributed by atoms with Crippen molar-refractivity contribution in [3.8, 4) is 5.75 Å². The molecule has 1 N–H and O–H groups in total. The normalized spacial score (nSPS) is 10.6. The van der Waals surface area contributed by atoms with Gasteiger partial charge >= 0.3 is 0 Å². The van der Waals surface area contributed by atoms with E-state index in [1.807, 2.05) is 0 Å². The number of hydrogen-bond acceptors (Lipinski definition) is 4. The average Bonchev–Trinajstić information content (AvgIpc) is 2.84. The minimum Gasteiger partial charge on any atom is -0.497 e. The zero-order valence-corrected chi connectivity index (χ0v) is 10.9. The van der Waals surface area contributed by atoms with E-state index in [0.717, 1.165) is 11.3 Å². The van der Waals surface area contributed by atoms with Crippen LogP contribution >= 0.6 is 11.3 Å². The van der Waals surface area contributed by atoms with E-state index in [1.165, 1.54) is 19.4 Å². The molecule has 1 amide bonds. The summed E-state index contributed by atoms with van der Waals surface area (Å²) in [5.41, 5.74) is 2.81. The molecule has 0 aliphatic heterocycles. The van der Waals surface area contributed by atoms with E-state index in [9.17, 15) is 9.18 Å². The van der Waals surface area contributed by atoms with Crippen molar-refractivity contribution in [2.45, 2.75) is 0 Å². The smallest absolute Gasteiger partial charge is 0.271 e. The van der Waals surface area contributed by atoms with Gasteiger partial charge in [-0.3, -0.25) is 4.79 Å². The fourth-order valence-corrected chi connectivity index (χ4v) is 1.98. The molecule has 2 rings (SSSR count). The minimum absolute atomic E-state index is 0.291. The maximum Gasteiger partial charge on any atom is 0.271 e. The molecule has 0 aliphatic carbocycles. The van der Waals surface area contributed by atoms with Gasteiger partial charge in [0.2, 0.25) is 0 Å². The third-order valence-electron chi connectivity index (χ3n) is 2.28. The summed E-state index contributed by atoms with van der Waals surface area (Å²) in [5, 5.41) is 3.47. The summed E-state index contributed by atoms with van der Waals surface area (Å²) >= 11 is 0.954. The lowest BCUT2D eigenvalue weighted by Crippen LogP contribution is -2.17. The second kappa shape index (κ2) is 6.10. The van der Waals surface area contributed by atoms with Crippen LogP contribution in [0.5, 0.6) is 5.75 Å². The van der Waals surface area contributed by atoms with Crippen LogP contribution in [-0.4, -0.2) is 19.2 Å². The maximum atomic E-state index is 12.7. The first-order valence-electron chi connectivity index (χ1n) is 5.42. The van der Waals surface area contributed by atoms with Crippen molar-refractivity contribution in [3.63, 3.8) is 0 Å². The van der Waals surface area contributed by atoms with Gasteiger partial charge in [0, 0.05) is 5.56 Å². The minimum atomic E-state index is -0.354. The molecule has 0 atom stereocenters. The Morgan fingerprint density at radius 2 is 2.26 bits per heavy atom. The van der Waals surface area contributed by atoms with Gasteiger partial charge in [-0.1, -0.05) is 6.07 Å². The lowest BCUT2D eigenvalue weighted by atomic mass is 10.2. The predicted octanol–water partition coefficient (Wildman–Crippen LogP) is 2.66. The van der Waals surface area contributed by atoms with E-state index >= 15 is 0 Å². The van der Waals surface area contributed by atoms with Crippen molar-refractivity contribution in [2.24, 2.45) is 5.10 Å². The number of benzene rings is 1. The Hall–Kier alpha value is -2.21. The Bertz CT molecular complexity index is 610. The van der Waals surface area contributed by atoms with E-state index in [0.29, 0.717) is 16.2 Å². The van der Waals surface area contributed by atoms with Crippen molar-refractivity contribution < 1.29 is 13.9 Å². The summed E-state index contributed by atoms with van der Waals surface area (Å²) in [6.45, 7) is 0. The van der Waals surface area contributed by atoms with E-state index < -0.39 is 0 Å². The van der Waals surface area contributed by atoms with Gasteiger partial charge in [0.25, 0.3) is 5.91 Å². The average molecular weight is 278 g/mol. The zero-order chi connectivity index (χ0) is 13.7. The number of thiophene rings is 1. The van der Waals surface area contributed by atoms with E-state index in [1.54, 1.807) is 30.3 Å². The molecule has 19 heavy (non-hydrogen) atoms. The lowest BCUT2D eigenvalue weighted by molar-refractivity contribution is 0.0955. The third kappa shape index (κ3) is 3.62. The zero-order valence-electron chi connectivity index (χ0n) is 10.1. The van der Waals surface area contributed by atoms with Crippen molar-refractivity contribution in [3.05, 3.63) is 52.0 Å². The number of carbonyl (C=O) groups is 1. The first-order chi connectivity index (χ1) is 9.19. The molecular weight excluding hydrogens is 267 g/mol. The quantitative estimate of drug-likeness (QED) is 0.690. The summed E-state index contributed by atoms with van der Waals surface area (Å²) in [5.74, 6) is 0.240. The van der Waals surface area contributed by atoms with Crippen LogP contribution in [0.25, 0.3) is 0 Å². The van der Waals surface area contributed by atoms with Crippen LogP contribution in [0, 0.1) is 5.13 Å². The van der Waals surface area contributed by atoms with E-state index in [2.05, 4.69) is 10.5 Å². The van der Waals surface area contributed by atoms with Gasteiger partial charge in [0.15, 0.2) is 5.13 Å². The molecule has 0 saturated heterocycles.